The Labute approximate surface area is 192 Å². The lowest BCUT2D eigenvalue weighted by Gasteiger charge is -2.46. The number of carbonyl (C=O) groups is 1. The summed E-state index contributed by atoms with van der Waals surface area (Å²) >= 11 is 0. The van der Waals surface area contributed by atoms with Crippen LogP contribution in [0, 0.1) is 41.3 Å². The normalized spacial score (nSPS) is 32.6. The maximum absolute atomic E-state index is 14.3. The van der Waals surface area contributed by atoms with Crippen molar-refractivity contribution in [3.05, 3.63) is 36.7 Å². The maximum atomic E-state index is 14.3. The number of rotatable bonds is 7. The topological polar surface area (TPSA) is 35.5 Å². The number of benzene rings is 1. The molecule has 4 heteroatoms. The molecule has 3 aliphatic carbocycles. The monoisotopic (exact) mass is 442 g/mol. The van der Waals surface area contributed by atoms with E-state index >= 15 is 0 Å². The summed E-state index contributed by atoms with van der Waals surface area (Å²) in [6.07, 6.45) is 15.5. The van der Waals surface area contributed by atoms with E-state index < -0.39 is 5.82 Å². The highest BCUT2D eigenvalue weighted by Crippen LogP contribution is 2.50. The van der Waals surface area contributed by atoms with Gasteiger partial charge in [0.25, 0.3) is 0 Å². The number of carbonyl (C=O) groups excluding carboxylic acids is 1. The molecule has 3 aliphatic rings. The maximum Gasteiger partial charge on any atom is 0.314 e. The SMILES string of the molecule is C=CCOc1ccc(OC(=O)C2CCCC3CC(C4CCC(CC)CC4)CCC32)cc1F. The molecule has 0 bridgehead atoms. The zero-order valence-electron chi connectivity index (χ0n) is 19.6. The van der Waals surface area contributed by atoms with Gasteiger partial charge in [-0.05, 0) is 80.2 Å². The molecule has 0 aromatic heterocycles. The number of fused-ring (bicyclic) bond motifs is 1. The molecule has 3 saturated carbocycles. The minimum absolute atomic E-state index is 0.0507. The smallest absolute Gasteiger partial charge is 0.314 e. The fraction of sp³-hybridized carbons (Fsp3) is 0.679. The van der Waals surface area contributed by atoms with Gasteiger partial charge in [-0.25, -0.2) is 4.39 Å². The molecule has 0 amide bonds. The van der Waals surface area contributed by atoms with E-state index in [4.69, 9.17) is 9.47 Å². The van der Waals surface area contributed by atoms with Crippen molar-refractivity contribution >= 4 is 5.97 Å². The molecule has 4 unspecified atom stereocenters. The highest BCUT2D eigenvalue weighted by molar-refractivity contribution is 5.75. The van der Waals surface area contributed by atoms with Crippen LogP contribution in [-0.4, -0.2) is 12.6 Å². The number of esters is 1. The summed E-state index contributed by atoms with van der Waals surface area (Å²) in [4.78, 5) is 13.1. The Morgan fingerprint density at radius 3 is 2.56 bits per heavy atom. The second kappa shape index (κ2) is 10.9. The average molecular weight is 443 g/mol. The van der Waals surface area contributed by atoms with E-state index in [0.29, 0.717) is 11.8 Å². The van der Waals surface area contributed by atoms with E-state index in [1.54, 1.807) is 12.1 Å². The first-order chi connectivity index (χ1) is 15.6. The minimum atomic E-state index is -0.517. The molecule has 0 N–H and O–H groups in total. The Bertz CT molecular complexity index is 783. The van der Waals surface area contributed by atoms with Crippen molar-refractivity contribution in [1.29, 1.82) is 0 Å². The molecule has 32 heavy (non-hydrogen) atoms. The number of hydrogen-bond donors (Lipinski definition) is 0. The number of ether oxygens (including phenoxy) is 2. The van der Waals surface area contributed by atoms with E-state index in [1.807, 2.05) is 0 Å². The van der Waals surface area contributed by atoms with Crippen molar-refractivity contribution in [1.82, 2.24) is 0 Å². The zero-order valence-corrected chi connectivity index (χ0v) is 19.6. The van der Waals surface area contributed by atoms with Gasteiger partial charge in [0, 0.05) is 6.07 Å². The molecule has 1 aromatic rings. The minimum Gasteiger partial charge on any atom is -0.486 e. The lowest BCUT2D eigenvalue weighted by Crippen LogP contribution is -2.40. The largest absolute Gasteiger partial charge is 0.486 e. The van der Waals surface area contributed by atoms with E-state index in [2.05, 4.69) is 13.5 Å². The van der Waals surface area contributed by atoms with Crippen LogP contribution in [-0.2, 0) is 4.79 Å². The van der Waals surface area contributed by atoms with Crippen LogP contribution in [0.4, 0.5) is 4.39 Å². The van der Waals surface area contributed by atoms with E-state index in [9.17, 15) is 9.18 Å². The lowest BCUT2D eigenvalue weighted by molar-refractivity contribution is -0.144. The van der Waals surface area contributed by atoms with Crippen molar-refractivity contribution < 1.29 is 18.7 Å². The number of hydrogen-bond acceptors (Lipinski definition) is 3. The Kier molecular flexibility index (Phi) is 7.91. The van der Waals surface area contributed by atoms with Gasteiger partial charge in [0.05, 0.1) is 5.92 Å². The fourth-order valence-electron chi connectivity index (χ4n) is 6.79. The molecule has 0 saturated heterocycles. The second-order valence-corrected chi connectivity index (χ2v) is 10.3. The van der Waals surface area contributed by atoms with E-state index in [-0.39, 0.29) is 30.0 Å². The third kappa shape index (κ3) is 5.38. The Morgan fingerprint density at radius 1 is 1.06 bits per heavy atom. The molecule has 0 aliphatic heterocycles. The van der Waals surface area contributed by atoms with Gasteiger partial charge in [0.1, 0.15) is 12.4 Å². The van der Waals surface area contributed by atoms with E-state index in [0.717, 1.165) is 37.0 Å². The lowest BCUT2D eigenvalue weighted by atomic mass is 9.59. The summed E-state index contributed by atoms with van der Waals surface area (Å²) in [5, 5.41) is 0. The van der Waals surface area contributed by atoms with Crippen LogP contribution in [0.1, 0.15) is 77.6 Å². The highest BCUT2D eigenvalue weighted by atomic mass is 19.1. The number of halogens is 1. The molecular formula is C28H39FO3. The fourth-order valence-corrected chi connectivity index (χ4v) is 6.79. The predicted molar refractivity (Wildman–Crippen MR) is 125 cm³/mol. The summed E-state index contributed by atoms with van der Waals surface area (Å²) in [7, 11) is 0. The van der Waals surface area contributed by atoms with Gasteiger partial charge in [0.15, 0.2) is 11.6 Å². The molecular weight excluding hydrogens is 403 g/mol. The molecule has 4 rings (SSSR count). The Hall–Kier alpha value is -1.84. The quantitative estimate of drug-likeness (QED) is 0.252. The Morgan fingerprint density at radius 2 is 1.84 bits per heavy atom. The van der Waals surface area contributed by atoms with Crippen molar-refractivity contribution in [3.8, 4) is 11.5 Å². The summed E-state index contributed by atoms with van der Waals surface area (Å²) in [6.45, 7) is 6.14. The molecule has 3 nitrogen and oxygen atoms in total. The van der Waals surface area contributed by atoms with Crippen molar-refractivity contribution in [2.75, 3.05) is 6.61 Å². The van der Waals surface area contributed by atoms with Crippen LogP contribution >= 0.6 is 0 Å². The first kappa shape index (κ1) is 23.3. The van der Waals surface area contributed by atoms with Gasteiger partial charge < -0.3 is 9.47 Å². The van der Waals surface area contributed by atoms with Crippen LogP contribution in [0.5, 0.6) is 11.5 Å². The third-order valence-corrected chi connectivity index (χ3v) is 8.61. The third-order valence-electron chi connectivity index (χ3n) is 8.61. The van der Waals surface area contributed by atoms with Crippen LogP contribution in [0.2, 0.25) is 0 Å². The van der Waals surface area contributed by atoms with E-state index in [1.165, 1.54) is 63.5 Å². The Balaban J connectivity index is 1.34. The summed E-state index contributed by atoms with van der Waals surface area (Å²) < 4.78 is 25.2. The van der Waals surface area contributed by atoms with Gasteiger partial charge in [-0.15, -0.1) is 0 Å². The van der Waals surface area contributed by atoms with Crippen molar-refractivity contribution in [2.45, 2.75) is 77.6 Å². The highest BCUT2D eigenvalue weighted by Gasteiger charge is 2.43. The molecule has 176 valence electrons. The molecule has 3 fully saturated rings. The first-order valence-electron chi connectivity index (χ1n) is 12.8. The summed E-state index contributed by atoms with van der Waals surface area (Å²) in [5.41, 5.74) is 0. The molecule has 4 atom stereocenters. The van der Waals surface area contributed by atoms with Crippen LogP contribution in [0.25, 0.3) is 0 Å². The average Bonchev–Trinajstić information content (AvgIpc) is 2.83. The second-order valence-electron chi connectivity index (χ2n) is 10.3. The van der Waals surface area contributed by atoms with Crippen molar-refractivity contribution in [2.24, 2.45) is 35.5 Å². The van der Waals surface area contributed by atoms with Gasteiger partial charge in [-0.2, -0.15) is 0 Å². The summed E-state index contributed by atoms with van der Waals surface area (Å²) in [6, 6.07) is 4.38. The van der Waals surface area contributed by atoms with Gasteiger partial charge in [-0.1, -0.05) is 51.7 Å². The zero-order chi connectivity index (χ0) is 22.5. The van der Waals surface area contributed by atoms with Gasteiger partial charge in [-0.3, -0.25) is 4.79 Å². The molecule has 0 heterocycles. The standard InChI is InChI=1S/C28H39FO3/c1-3-16-31-27-15-13-23(18-26(27)29)32-28(30)25-7-5-6-22-17-21(12-14-24(22)25)20-10-8-19(4-2)9-11-20/h3,13,15,18-22,24-25H,1,4-12,14,16-17H2,2H3. The van der Waals surface area contributed by atoms with Crippen LogP contribution < -0.4 is 9.47 Å². The van der Waals surface area contributed by atoms with Gasteiger partial charge >= 0.3 is 5.97 Å². The first-order valence-corrected chi connectivity index (χ1v) is 12.8. The van der Waals surface area contributed by atoms with Crippen molar-refractivity contribution in [3.63, 3.8) is 0 Å². The molecule has 1 aromatic carbocycles. The summed E-state index contributed by atoms with van der Waals surface area (Å²) in [5.74, 6) is 3.44. The van der Waals surface area contributed by atoms with Crippen LogP contribution in [0.3, 0.4) is 0 Å². The van der Waals surface area contributed by atoms with Crippen LogP contribution in [0.15, 0.2) is 30.9 Å². The predicted octanol–water partition coefficient (Wildman–Crippen LogP) is 7.34. The molecule has 0 spiro atoms. The molecule has 0 radical (unpaired) electrons. The van der Waals surface area contributed by atoms with Gasteiger partial charge in [0.2, 0.25) is 0 Å².